The maximum Gasteiger partial charge on any atom is 0.204 e. The molecule has 0 radical (unpaired) electrons. The summed E-state index contributed by atoms with van der Waals surface area (Å²) in [6.07, 6.45) is 5.25. The molecule has 2 heterocycles. The third-order valence-corrected chi connectivity index (χ3v) is 3.42. The maximum absolute atomic E-state index is 10.9. The molecular formula is C9H12N2O2S. The van der Waals surface area contributed by atoms with Gasteiger partial charge in [-0.15, -0.1) is 0 Å². The Hall–Kier alpha value is -0.940. The lowest BCUT2D eigenvalue weighted by atomic mass is 10.1. The van der Waals surface area contributed by atoms with E-state index in [-0.39, 0.29) is 6.04 Å². The van der Waals surface area contributed by atoms with E-state index < -0.39 is 10.9 Å². The summed E-state index contributed by atoms with van der Waals surface area (Å²) < 4.78 is 23.4. The van der Waals surface area contributed by atoms with Gasteiger partial charge < -0.3 is 0 Å². The van der Waals surface area contributed by atoms with Gasteiger partial charge in [-0.25, -0.2) is 8.42 Å². The Kier molecular flexibility index (Phi) is 2.79. The fourth-order valence-corrected chi connectivity index (χ4v) is 2.65. The molecule has 0 N–H and O–H groups in total. The monoisotopic (exact) mass is 212 g/mol. The van der Waals surface area contributed by atoms with Crippen LogP contribution in [-0.4, -0.2) is 24.3 Å². The first kappa shape index (κ1) is 9.61. The van der Waals surface area contributed by atoms with Gasteiger partial charge in [0.15, 0.2) is 0 Å². The van der Waals surface area contributed by atoms with Crippen molar-refractivity contribution in [2.75, 3.05) is 6.54 Å². The molecule has 1 aliphatic heterocycles. The summed E-state index contributed by atoms with van der Waals surface area (Å²) >= 11 is 0. The van der Waals surface area contributed by atoms with Gasteiger partial charge in [0.05, 0.1) is 0 Å². The van der Waals surface area contributed by atoms with Crippen molar-refractivity contribution in [1.82, 2.24) is 9.29 Å². The van der Waals surface area contributed by atoms with Crippen molar-refractivity contribution in [1.29, 1.82) is 0 Å². The van der Waals surface area contributed by atoms with E-state index in [1.807, 2.05) is 12.1 Å². The number of hydrogen-bond acceptors (Lipinski definition) is 3. The molecule has 1 aromatic rings. The van der Waals surface area contributed by atoms with Gasteiger partial charge in [0.25, 0.3) is 0 Å². The van der Waals surface area contributed by atoms with Gasteiger partial charge in [0.2, 0.25) is 10.9 Å². The van der Waals surface area contributed by atoms with Gasteiger partial charge in [-0.05, 0) is 30.5 Å². The van der Waals surface area contributed by atoms with Crippen molar-refractivity contribution in [2.24, 2.45) is 0 Å². The summed E-state index contributed by atoms with van der Waals surface area (Å²) in [6, 6.07) is 3.78. The molecule has 0 saturated carbocycles. The fourth-order valence-electron chi connectivity index (χ4n) is 1.87. The minimum Gasteiger partial charge on any atom is -0.265 e. The van der Waals surface area contributed by atoms with Crippen LogP contribution < -0.4 is 0 Å². The summed E-state index contributed by atoms with van der Waals surface area (Å²) in [6.45, 7) is 0.645. The summed E-state index contributed by atoms with van der Waals surface area (Å²) in [5.74, 6) is 0. The highest BCUT2D eigenvalue weighted by Gasteiger charge is 2.27. The minimum absolute atomic E-state index is 0.0270. The molecule has 1 aliphatic rings. The molecule has 2 rings (SSSR count). The lowest BCUT2D eigenvalue weighted by Gasteiger charge is -2.17. The van der Waals surface area contributed by atoms with E-state index in [0.717, 1.165) is 18.4 Å². The zero-order valence-corrected chi connectivity index (χ0v) is 8.56. The van der Waals surface area contributed by atoms with E-state index >= 15 is 0 Å². The first-order valence-corrected chi connectivity index (χ1v) is 5.73. The second-order valence-electron chi connectivity index (χ2n) is 3.34. The van der Waals surface area contributed by atoms with Crippen molar-refractivity contribution < 1.29 is 8.42 Å². The van der Waals surface area contributed by atoms with Crippen molar-refractivity contribution in [2.45, 2.75) is 18.9 Å². The Labute approximate surface area is 84.7 Å². The molecule has 0 bridgehead atoms. The van der Waals surface area contributed by atoms with Gasteiger partial charge in [0.1, 0.15) is 0 Å². The van der Waals surface area contributed by atoms with Crippen LogP contribution in [0, 0.1) is 0 Å². The zero-order chi connectivity index (χ0) is 9.97. The molecular weight excluding hydrogens is 200 g/mol. The largest absolute Gasteiger partial charge is 0.265 e. The van der Waals surface area contributed by atoms with Gasteiger partial charge >= 0.3 is 0 Å². The van der Waals surface area contributed by atoms with Crippen molar-refractivity contribution in [3.05, 3.63) is 30.1 Å². The Morgan fingerprint density at radius 1 is 1.36 bits per heavy atom. The quantitative estimate of drug-likeness (QED) is 0.736. The molecule has 1 atom stereocenters. The topological polar surface area (TPSA) is 50.3 Å². The Balaban J connectivity index is 2.26. The smallest absolute Gasteiger partial charge is 0.204 e. The average Bonchev–Trinajstić information content (AvgIpc) is 2.67. The number of rotatable bonds is 2. The molecule has 1 aromatic heterocycles. The summed E-state index contributed by atoms with van der Waals surface area (Å²) in [5.41, 5.74) is 1.04. The first-order valence-electron chi connectivity index (χ1n) is 4.60. The Bertz CT molecular complexity index is 370. The van der Waals surface area contributed by atoms with E-state index in [1.165, 1.54) is 4.31 Å². The van der Waals surface area contributed by atoms with Crippen LogP contribution in [0.25, 0.3) is 0 Å². The summed E-state index contributed by atoms with van der Waals surface area (Å²) in [7, 11) is -2.45. The predicted octanol–water partition coefficient (Wildman–Crippen LogP) is 0.745. The van der Waals surface area contributed by atoms with Crippen LogP contribution in [0.5, 0.6) is 0 Å². The number of thiol groups is 1. The van der Waals surface area contributed by atoms with E-state index in [1.54, 1.807) is 12.4 Å². The molecule has 1 saturated heterocycles. The van der Waals surface area contributed by atoms with E-state index in [2.05, 4.69) is 4.98 Å². The highest BCUT2D eigenvalue weighted by atomic mass is 32.2. The summed E-state index contributed by atoms with van der Waals surface area (Å²) in [5, 5.41) is 0. The minimum atomic E-state index is -2.45. The van der Waals surface area contributed by atoms with Crippen LogP contribution >= 0.6 is 0 Å². The lowest BCUT2D eigenvalue weighted by molar-refractivity contribution is 0.410. The van der Waals surface area contributed by atoms with Gasteiger partial charge in [0, 0.05) is 25.0 Å². The number of nitrogens with zero attached hydrogens (tertiary/aromatic N) is 2. The molecule has 0 aliphatic carbocycles. The second kappa shape index (κ2) is 4.06. The first-order chi connectivity index (χ1) is 6.79. The number of pyridine rings is 1. The Morgan fingerprint density at radius 3 is 2.71 bits per heavy atom. The standard InChI is InChI=1S/C9H12N2O2S/c12-14(13)11-7-1-2-9(11)8-3-5-10-6-4-8/h3-6,9,14H,1-2,7H2. The van der Waals surface area contributed by atoms with Gasteiger partial charge in [-0.1, -0.05) is 0 Å². The maximum atomic E-state index is 10.9. The highest BCUT2D eigenvalue weighted by molar-refractivity contribution is 7.69. The van der Waals surface area contributed by atoms with Gasteiger partial charge in [-0.2, -0.15) is 4.31 Å². The van der Waals surface area contributed by atoms with Crippen molar-refractivity contribution in [3.8, 4) is 0 Å². The van der Waals surface area contributed by atoms with Crippen LogP contribution in [0.15, 0.2) is 24.5 Å². The zero-order valence-electron chi connectivity index (χ0n) is 7.67. The van der Waals surface area contributed by atoms with E-state index in [0.29, 0.717) is 6.54 Å². The van der Waals surface area contributed by atoms with Crippen LogP contribution in [0.3, 0.4) is 0 Å². The molecule has 4 nitrogen and oxygen atoms in total. The van der Waals surface area contributed by atoms with Crippen molar-refractivity contribution in [3.63, 3.8) is 0 Å². The molecule has 0 spiro atoms. The molecule has 5 heteroatoms. The number of aromatic nitrogens is 1. The molecule has 0 amide bonds. The summed E-state index contributed by atoms with van der Waals surface area (Å²) in [4.78, 5) is 3.92. The van der Waals surface area contributed by atoms with Crippen LogP contribution in [0.4, 0.5) is 0 Å². The molecule has 1 unspecified atom stereocenters. The normalized spacial score (nSPS) is 23.1. The Morgan fingerprint density at radius 2 is 2.07 bits per heavy atom. The lowest BCUT2D eigenvalue weighted by Crippen LogP contribution is -2.21. The van der Waals surface area contributed by atoms with Crippen LogP contribution in [0.2, 0.25) is 0 Å². The molecule has 76 valence electrons. The van der Waals surface area contributed by atoms with E-state index in [4.69, 9.17) is 0 Å². The number of hydrogen-bond donors (Lipinski definition) is 1. The van der Waals surface area contributed by atoms with Crippen LogP contribution in [0.1, 0.15) is 24.4 Å². The van der Waals surface area contributed by atoms with Gasteiger partial charge in [-0.3, -0.25) is 4.98 Å². The third-order valence-electron chi connectivity index (χ3n) is 2.53. The van der Waals surface area contributed by atoms with E-state index in [9.17, 15) is 8.42 Å². The van der Waals surface area contributed by atoms with Crippen molar-refractivity contribution >= 4 is 10.9 Å². The molecule has 1 fully saturated rings. The van der Waals surface area contributed by atoms with Crippen LogP contribution in [-0.2, 0) is 10.9 Å². The SMILES string of the molecule is O=[SH](=O)N1CCCC1c1ccncc1. The fraction of sp³-hybridized carbons (Fsp3) is 0.444. The average molecular weight is 212 g/mol. The second-order valence-corrected chi connectivity index (χ2v) is 4.33. The third kappa shape index (κ3) is 1.78. The molecule has 14 heavy (non-hydrogen) atoms. The highest BCUT2D eigenvalue weighted by Crippen LogP contribution is 2.31. The molecule has 0 aromatic carbocycles. The predicted molar refractivity (Wildman–Crippen MR) is 53.2 cm³/mol.